The fraction of sp³-hybridized carbons (Fsp3) is 0.571. The van der Waals surface area contributed by atoms with Gasteiger partial charge in [0.15, 0.2) is 0 Å². The summed E-state index contributed by atoms with van der Waals surface area (Å²) in [5.41, 5.74) is -0.161. The molecule has 0 radical (unpaired) electrons. The van der Waals surface area contributed by atoms with Crippen LogP contribution in [0, 0.1) is 0 Å². The summed E-state index contributed by atoms with van der Waals surface area (Å²) in [4.78, 5) is 0. The zero-order valence-electron chi connectivity index (χ0n) is 11.6. The molecule has 0 amide bonds. The van der Waals surface area contributed by atoms with Crippen LogP contribution < -0.4 is 10.1 Å². The van der Waals surface area contributed by atoms with Crippen LogP contribution >= 0.6 is 15.9 Å². The van der Waals surface area contributed by atoms with Gasteiger partial charge in [-0.05, 0) is 32.0 Å². The van der Waals surface area contributed by atoms with E-state index in [1.165, 1.54) is 0 Å². The largest absolute Gasteiger partial charge is 0.491 e. The van der Waals surface area contributed by atoms with Crippen LogP contribution in [0.15, 0.2) is 28.7 Å². The second-order valence-electron chi connectivity index (χ2n) is 5.12. The van der Waals surface area contributed by atoms with Gasteiger partial charge in [-0.2, -0.15) is 0 Å². The van der Waals surface area contributed by atoms with Crippen LogP contribution in [0.5, 0.6) is 5.75 Å². The Kier molecular flexibility index (Phi) is 6.79. The smallest absolute Gasteiger partial charge is 0.120 e. The third-order valence-corrected chi connectivity index (χ3v) is 3.05. The van der Waals surface area contributed by atoms with Gasteiger partial charge < -0.3 is 19.9 Å². The minimum Gasteiger partial charge on any atom is -0.491 e. The molecule has 2 N–H and O–H groups in total. The molecule has 0 saturated heterocycles. The number of aliphatic hydroxyl groups is 1. The van der Waals surface area contributed by atoms with E-state index in [0.717, 1.165) is 10.2 Å². The van der Waals surface area contributed by atoms with Crippen LogP contribution in [-0.2, 0) is 4.74 Å². The van der Waals surface area contributed by atoms with Crippen molar-refractivity contribution in [2.24, 2.45) is 0 Å². The molecule has 108 valence electrons. The van der Waals surface area contributed by atoms with Gasteiger partial charge in [0.25, 0.3) is 0 Å². The van der Waals surface area contributed by atoms with Crippen LogP contribution in [-0.4, -0.2) is 43.6 Å². The second-order valence-corrected chi connectivity index (χ2v) is 6.04. The van der Waals surface area contributed by atoms with Crippen molar-refractivity contribution in [2.45, 2.75) is 25.5 Å². The van der Waals surface area contributed by atoms with Gasteiger partial charge in [0.05, 0.1) is 6.61 Å². The highest BCUT2D eigenvalue weighted by atomic mass is 79.9. The summed E-state index contributed by atoms with van der Waals surface area (Å²) in [6, 6.07) is 7.55. The maximum absolute atomic E-state index is 9.87. The van der Waals surface area contributed by atoms with Gasteiger partial charge in [-0.25, -0.2) is 0 Å². The zero-order valence-corrected chi connectivity index (χ0v) is 13.2. The van der Waals surface area contributed by atoms with Crippen molar-refractivity contribution < 1.29 is 14.6 Å². The quantitative estimate of drug-likeness (QED) is 0.766. The summed E-state index contributed by atoms with van der Waals surface area (Å²) in [6.45, 7) is 5.36. The highest BCUT2D eigenvalue weighted by molar-refractivity contribution is 9.10. The molecule has 1 unspecified atom stereocenters. The minimum absolute atomic E-state index is 0.161. The fourth-order valence-corrected chi connectivity index (χ4v) is 1.99. The molecule has 0 fully saturated rings. The molecule has 0 heterocycles. The molecule has 0 aliphatic rings. The zero-order chi connectivity index (χ0) is 14.3. The Morgan fingerprint density at radius 3 is 2.79 bits per heavy atom. The van der Waals surface area contributed by atoms with E-state index in [2.05, 4.69) is 21.2 Å². The molecule has 0 aliphatic heterocycles. The summed E-state index contributed by atoms with van der Waals surface area (Å²) in [7, 11) is 1.66. The highest BCUT2D eigenvalue weighted by Gasteiger charge is 2.18. The van der Waals surface area contributed by atoms with E-state index in [4.69, 9.17) is 9.47 Å². The number of hydrogen-bond donors (Lipinski definition) is 2. The van der Waals surface area contributed by atoms with Crippen molar-refractivity contribution in [1.82, 2.24) is 5.32 Å². The van der Waals surface area contributed by atoms with Crippen LogP contribution in [0.4, 0.5) is 0 Å². The number of aliphatic hydroxyl groups excluding tert-OH is 1. The molecule has 1 aromatic rings. The lowest BCUT2D eigenvalue weighted by Crippen LogP contribution is -2.47. The van der Waals surface area contributed by atoms with Crippen molar-refractivity contribution >= 4 is 15.9 Å². The number of benzene rings is 1. The predicted octanol–water partition coefficient (Wildman–Crippen LogP) is 2.20. The Balaban J connectivity index is 2.30. The maximum atomic E-state index is 9.87. The van der Waals surface area contributed by atoms with Crippen molar-refractivity contribution in [2.75, 3.05) is 26.9 Å². The summed E-state index contributed by atoms with van der Waals surface area (Å²) in [5, 5.41) is 13.1. The van der Waals surface area contributed by atoms with Gasteiger partial charge in [-0.1, -0.05) is 22.0 Å². The first-order valence-electron chi connectivity index (χ1n) is 6.23. The Bertz CT molecular complexity index is 385. The number of methoxy groups -OCH3 is 1. The van der Waals surface area contributed by atoms with Crippen LogP contribution in [0.2, 0.25) is 0 Å². The molecule has 1 atom stereocenters. The molecule has 0 saturated carbocycles. The van der Waals surface area contributed by atoms with E-state index in [-0.39, 0.29) is 12.1 Å². The topological polar surface area (TPSA) is 50.7 Å². The number of ether oxygens (including phenoxy) is 2. The van der Waals surface area contributed by atoms with Gasteiger partial charge >= 0.3 is 0 Å². The summed E-state index contributed by atoms with van der Waals surface area (Å²) >= 11 is 3.37. The average molecular weight is 332 g/mol. The SMILES string of the molecule is COCC(C)(C)NCC(O)COc1cccc(Br)c1. The molecule has 1 aromatic carbocycles. The predicted molar refractivity (Wildman–Crippen MR) is 79.6 cm³/mol. The summed E-state index contributed by atoms with van der Waals surface area (Å²) in [6.07, 6.45) is -0.560. The molecule has 0 bridgehead atoms. The molecule has 0 aromatic heterocycles. The Labute approximate surface area is 123 Å². The number of rotatable bonds is 8. The third kappa shape index (κ3) is 6.92. The van der Waals surface area contributed by atoms with Crippen molar-refractivity contribution in [3.05, 3.63) is 28.7 Å². The van der Waals surface area contributed by atoms with E-state index < -0.39 is 6.10 Å². The lowest BCUT2D eigenvalue weighted by atomic mass is 10.1. The standard InChI is InChI=1S/C14H22BrNO3/c1-14(2,10-18-3)16-8-12(17)9-19-13-6-4-5-11(15)7-13/h4-7,12,16-17H,8-10H2,1-3H3. The molecule has 1 rings (SSSR count). The van der Waals surface area contributed by atoms with E-state index in [1.54, 1.807) is 7.11 Å². The van der Waals surface area contributed by atoms with E-state index in [0.29, 0.717) is 13.2 Å². The fourth-order valence-electron chi connectivity index (χ4n) is 1.61. The number of hydrogen-bond acceptors (Lipinski definition) is 4. The van der Waals surface area contributed by atoms with Crippen molar-refractivity contribution in [1.29, 1.82) is 0 Å². The molecular weight excluding hydrogens is 310 g/mol. The average Bonchev–Trinajstić information content (AvgIpc) is 2.34. The number of nitrogens with one attached hydrogen (secondary N) is 1. The third-order valence-electron chi connectivity index (χ3n) is 2.56. The lowest BCUT2D eigenvalue weighted by Gasteiger charge is -2.26. The molecule has 19 heavy (non-hydrogen) atoms. The first-order chi connectivity index (χ1) is 8.93. The van der Waals surface area contributed by atoms with Gasteiger partial charge in [-0.15, -0.1) is 0 Å². The first-order valence-corrected chi connectivity index (χ1v) is 7.02. The summed E-state index contributed by atoms with van der Waals surface area (Å²) < 4.78 is 11.6. The van der Waals surface area contributed by atoms with Crippen molar-refractivity contribution in [3.8, 4) is 5.75 Å². The van der Waals surface area contributed by atoms with Crippen LogP contribution in [0.3, 0.4) is 0 Å². The van der Waals surface area contributed by atoms with Gasteiger partial charge in [0.1, 0.15) is 18.5 Å². The van der Waals surface area contributed by atoms with Crippen LogP contribution in [0.25, 0.3) is 0 Å². The maximum Gasteiger partial charge on any atom is 0.120 e. The summed E-state index contributed by atoms with van der Waals surface area (Å²) in [5.74, 6) is 0.740. The Morgan fingerprint density at radius 1 is 1.42 bits per heavy atom. The number of halogens is 1. The van der Waals surface area contributed by atoms with Gasteiger partial charge in [0.2, 0.25) is 0 Å². The minimum atomic E-state index is -0.560. The van der Waals surface area contributed by atoms with E-state index >= 15 is 0 Å². The van der Waals surface area contributed by atoms with Gasteiger partial charge in [-0.3, -0.25) is 0 Å². The van der Waals surface area contributed by atoms with Crippen molar-refractivity contribution in [3.63, 3.8) is 0 Å². The molecule has 5 heteroatoms. The van der Waals surface area contributed by atoms with Gasteiger partial charge in [0, 0.05) is 23.7 Å². The normalized spacial score (nSPS) is 13.3. The second kappa shape index (κ2) is 7.85. The lowest BCUT2D eigenvalue weighted by molar-refractivity contribution is 0.0813. The highest BCUT2D eigenvalue weighted by Crippen LogP contribution is 2.17. The Hall–Kier alpha value is -0.620. The molecular formula is C14H22BrNO3. The molecule has 0 spiro atoms. The Morgan fingerprint density at radius 2 is 2.16 bits per heavy atom. The molecule has 0 aliphatic carbocycles. The molecule has 4 nitrogen and oxygen atoms in total. The van der Waals surface area contributed by atoms with E-state index in [9.17, 15) is 5.11 Å². The monoisotopic (exact) mass is 331 g/mol. The first kappa shape index (κ1) is 16.4. The van der Waals surface area contributed by atoms with Crippen LogP contribution in [0.1, 0.15) is 13.8 Å². The van der Waals surface area contributed by atoms with E-state index in [1.807, 2.05) is 38.1 Å². The number of β-amino-alcohol motifs (C(OH)–C–C–N with tert-alkyl or cyclic N) is 1.